The summed E-state index contributed by atoms with van der Waals surface area (Å²) in [4.78, 5) is 22.4. The maximum atomic E-state index is 12.2. The molecule has 0 unspecified atom stereocenters. The van der Waals surface area contributed by atoms with E-state index in [4.69, 9.17) is 0 Å². The Labute approximate surface area is 118 Å². The highest BCUT2D eigenvalue weighted by Crippen LogP contribution is 2.34. The number of nitro groups is 1. The largest absolute Gasteiger partial charge is 0.508 e. The number of fused-ring (bicyclic) bond motifs is 1. The average molecular weight is 287 g/mol. The van der Waals surface area contributed by atoms with Crippen LogP contribution in [0, 0.1) is 10.1 Å². The molecule has 0 atom stereocenters. The number of phenolic OH excluding ortho intramolecular Hbond substituents is 1. The van der Waals surface area contributed by atoms with Crippen molar-refractivity contribution >= 4 is 28.2 Å². The van der Waals surface area contributed by atoms with Crippen LogP contribution in [-0.2, 0) is 6.42 Å². The second-order valence-electron chi connectivity index (χ2n) is 4.45. The number of Topliss-reactive ketones (excluding diaryl/α,β-unsaturated/α-hetero) is 1. The monoisotopic (exact) mass is 287 g/mol. The number of aromatic hydroxyl groups is 1. The minimum atomic E-state index is -0.455. The van der Waals surface area contributed by atoms with Gasteiger partial charge >= 0.3 is 5.00 Å². The molecule has 1 aliphatic carbocycles. The molecule has 1 aromatic carbocycles. The van der Waals surface area contributed by atoms with Crippen molar-refractivity contribution in [2.45, 2.75) is 6.42 Å². The number of rotatable bonds is 2. The second kappa shape index (κ2) is 4.57. The van der Waals surface area contributed by atoms with Crippen LogP contribution in [0.4, 0.5) is 5.00 Å². The first-order valence-electron chi connectivity index (χ1n) is 5.85. The quantitative estimate of drug-likeness (QED) is 0.522. The number of thiophene rings is 1. The highest BCUT2D eigenvalue weighted by Gasteiger charge is 2.27. The van der Waals surface area contributed by atoms with E-state index in [-0.39, 0.29) is 16.5 Å². The molecule has 0 saturated heterocycles. The minimum absolute atomic E-state index is 0.0441. The molecule has 1 heterocycles. The number of phenols is 1. The summed E-state index contributed by atoms with van der Waals surface area (Å²) >= 11 is 1.02. The number of benzene rings is 1. The highest BCUT2D eigenvalue weighted by molar-refractivity contribution is 7.13. The van der Waals surface area contributed by atoms with Crippen molar-refractivity contribution in [1.82, 2.24) is 0 Å². The lowest BCUT2D eigenvalue weighted by Gasteiger charge is -1.97. The fraction of sp³-hybridized carbons (Fsp3) is 0.0714. The van der Waals surface area contributed by atoms with Crippen molar-refractivity contribution in [3.05, 3.63) is 62.0 Å². The summed E-state index contributed by atoms with van der Waals surface area (Å²) in [5, 5.41) is 22.1. The van der Waals surface area contributed by atoms with Crippen molar-refractivity contribution < 1.29 is 14.8 Å². The molecule has 0 amide bonds. The molecule has 1 aromatic heterocycles. The van der Waals surface area contributed by atoms with Crippen LogP contribution in [0.2, 0.25) is 0 Å². The molecule has 0 fully saturated rings. The minimum Gasteiger partial charge on any atom is -0.508 e. The smallest absolute Gasteiger partial charge is 0.324 e. The van der Waals surface area contributed by atoms with Crippen LogP contribution in [0.15, 0.2) is 35.2 Å². The predicted molar refractivity (Wildman–Crippen MR) is 75.1 cm³/mol. The van der Waals surface area contributed by atoms with E-state index in [9.17, 15) is 20.0 Å². The summed E-state index contributed by atoms with van der Waals surface area (Å²) in [5.74, 6) is -0.0275. The molecule has 0 bridgehead atoms. The van der Waals surface area contributed by atoms with Gasteiger partial charge in [-0.3, -0.25) is 14.9 Å². The number of carbonyl (C=O) groups excluding carboxylic acids is 1. The van der Waals surface area contributed by atoms with Crippen LogP contribution in [0.5, 0.6) is 5.75 Å². The van der Waals surface area contributed by atoms with E-state index in [0.29, 0.717) is 28.7 Å². The van der Waals surface area contributed by atoms with Gasteiger partial charge in [0, 0.05) is 34.6 Å². The number of ketones is 1. The molecule has 5 nitrogen and oxygen atoms in total. The molecule has 0 spiro atoms. The number of nitrogens with zero attached hydrogens (tertiary/aromatic N) is 1. The van der Waals surface area contributed by atoms with Crippen LogP contribution in [0.25, 0.3) is 6.08 Å². The highest BCUT2D eigenvalue weighted by atomic mass is 32.1. The van der Waals surface area contributed by atoms with E-state index in [1.54, 1.807) is 29.7 Å². The molecular weight excluding hydrogens is 278 g/mol. The van der Waals surface area contributed by atoms with Crippen LogP contribution >= 0.6 is 11.3 Å². The lowest BCUT2D eigenvalue weighted by Crippen LogP contribution is -1.94. The Balaban J connectivity index is 1.97. The van der Waals surface area contributed by atoms with E-state index < -0.39 is 4.92 Å². The predicted octanol–water partition coefficient (Wildman–Crippen LogP) is 3.18. The fourth-order valence-electron chi connectivity index (χ4n) is 2.25. The third-order valence-corrected chi connectivity index (χ3v) is 4.08. The Kier molecular flexibility index (Phi) is 2.87. The molecule has 1 N–H and O–H groups in total. The average Bonchev–Trinajstić information content (AvgIpc) is 2.99. The molecule has 0 saturated carbocycles. The van der Waals surface area contributed by atoms with Gasteiger partial charge in [0.05, 0.1) is 4.92 Å². The SMILES string of the molecule is O=C1C(=Cc2csc([N+](=O)[O-])c2)Cc2c(O)cccc21. The third-order valence-electron chi connectivity index (χ3n) is 3.18. The maximum absolute atomic E-state index is 12.2. The zero-order valence-electron chi connectivity index (χ0n) is 10.2. The summed E-state index contributed by atoms with van der Waals surface area (Å²) < 4.78 is 0. The fourth-order valence-corrected chi connectivity index (χ4v) is 2.93. The van der Waals surface area contributed by atoms with Gasteiger partial charge < -0.3 is 5.11 Å². The topological polar surface area (TPSA) is 80.4 Å². The summed E-state index contributed by atoms with van der Waals surface area (Å²) in [6.07, 6.45) is 2.00. The standard InChI is InChI=1S/C14H9NO4S/c16-12-3-1-2-10-11(12)6-9(14(10)17)4-8-5-13(15(18)19)20-7-8/h1-5,7,16H,6H2. The Bertz CT molecular complexity index is 760. The van der Waals surface area contributed by atoms with Crippen molar-refractivity contribution in [3.8, 4) is 5.75 Å². The van der Waals surface area contributed by atoms with E-state index in [1.807, 2.05) is 0 Å². The van der Waals surface area contributed by atoms with Gasteiger partial charge in [0.15, 0.2) is 5.78 Å². The molecular formula is C14H9NO4S. The van der Waals surface area contributed by atoms with Crippen LogP contribution in [0.1, 0.15) is 21.5 Å². The number of carbonyl (C=O) groups is 1. The van der Waals surface area contributed by atoms with Crippen molar-refractivity contribution in [3.63, 3.8) is 0 Å². The van der Waals surface area contributed by atoms with E-state index in [0.717, 1.165) is 11.3 Å². The third kappa shape index (κ3) is 2.00. The van der Waals surface area contributed by atoms with Gasteiger partial charge in [-0.25, -0.2) is 0 Å². The Morgan fingerprint density at radius 1 is 1.40 bits per heavy atom. The first kappa shape index (κ1) is 12.6. The van der Waals surface area contributed by atoms with Crippen molar-refractivity contribution in [1.29, 1.82) is 0 Å². The Morgan fingerprint density at radius 2 is 2.20 bits per heavy atom. The van der Waals surface area contributed by atoms with Gasteiger partial charge in [-0.1, -0.05) is 23.5 Å². The lowest BCUT2D eigenvalue weighted by molar-refractivity contribution is -0.380. The molecule has 0 radical (unpaired) electrons. The molecule has 6 heteroatoms. The maximum Gasteiger partial charge on any atom is 0.324 e. The molecule has 0 aliphatic heterocycles. The van der Waals surface area contributed by atoms with E-state index in [2.05, 4.69) is 0 Å². The summed E-state index contributed by atoms with van der Waals surface area (Å²) in [7, 11) is 0. The van der Waals surface area contributed by atoms with Gasteiger partial charge in [-0.15, -0.1) is 0 Å². The number of hydrogen-bond donors (Lipinski definition) is 1. The van der Waals surface area contributed by atoms with Gasteiger partial charge in [0.25, 0.3) is 0 Å². The molecule has 20 heavy (non-hydrogen) atoms. The van der Waals surface area contributed by atoms with Crippen LogP contribution < -0.4 is 0 Å². The van der Waals surface area contributed by atoms with Gasteiger partial charge in [0.2, 0.25) is 0 Å². The zero-order valence-corrected chi connectivity index (χ0v) is 11.0. The van der Waals surface area contributed by atoms with Gasteiger partial charge in [-0.05, 0) is 17.7 Å². The Hall–Kier alpha value is -2.47. The summed E-state index contributed by atoms with van der Waals surface area (Å²) in [6.45, 7) is 0. The normalized spacial score (nSPS) is 15.6. The number of allylic oxidation sites excluding steroid dienone is 1. The Morgan fingerprint density at radius 3 is 2.85 bits per heavy atom. The van der Waals surface area contributed by atoms with Crippen molar-refractivity contribution in [2.75, 3.05) is 0 Å². The zero-order chi connectivity index (χ0) is 14.3. The molecule has 3 rings (SSSR count). The van der Waals surface area contributed by atoms with Crippen LogP contribution in [-0.4, -0.2) is 15.8 Å². The lowest BCUT2D eigenvalue weighted by atomic mass is 10.1. The summed E-state index contributed by atoms with van der Waals surface area (Å²) in [5.41, 5.74) is 2.29. The molecule has 100 valence electrons. The number of hydrogen-bond acceptors (Lipinski definition) is 5. The van der Waals surface area contributed by atoms with E-state index in [1.165, 1.54) is 6.07 Å². The van der Waals surface area contributed by atoms with Crippen molar-refractivity contribution in [2.24, 2.45) is 0 Å². The van der Waals surface area contributed by atoms with Gasteiger partial charge in [-0.2, -0.15) is 0 Å². The first-order valence-corrected chi connectivity index (χ1v) is 6.73. The molecule has 1 aliphatic rings. The second-order valence-corrected chi connectivity index (χ2v) is 5.34. The van der Waals surface area contributed by atoms with Gasteiger partial charge in [0.1, 0.15) is 5.75 Å². The molecule has 2 aromatic rings. The van der Waals surface area contributed by atoms with E-state index >= 15 is 0 Å². The summed E-state index contributed by atoms with van der Waals surface area (Å²) in [6, 6.07) is 6.29. The first-order chi connectivity index (χ1) is 9.56. The van der Waals surface area contributed by atoms with Crippen LogP contribution in [0.3, 0.4) is 0 Å².